The summed E-state index contributed by atoms with van der Waals surface area (Å²) in [5.41, 5.74) is 6.04. The molecule has 4 rings (SSSR count). The number of hydrazone groups is 1. The highest BCUT2D eigenvalue weighted by molar-refractivity contribution is 14.1. The molecule has 3 aromatic rings. The highest BCUT2D eigenvalue weighted by atomic mass is 127. The average molecular weight is 599 g/mol. The molecular formula is C27H26IN3O5. The number of nitrogens with zero attached hydrogens (tertiary/aromatic N) is 2. The predicted octanol–water partition coefficient (Wildman–Crippen LogP) is 4.94. The van der Waals surface area contributed by atoms with Gasteiger partial charge in [0.1, 0.15) is 6.61 Å². The molecule has 0 atom stereocenters. The minimum Gasteiger partial charge on any atom is -0.493 e. The van der Waals surface area contributed by atoms with Gasteiger partial charge in [-0.3, -0.25) is 4.79 Å². The van der Waals surface area contributed by atoms with Crippen LogP contribution in [0.1, 0.15) is 44.7 Å². The van der Waals surface area contributed by atoms with Gasteiger partial charge in [0.15, 0.2) is 11.5 Å². The number of carboxylic acid groups (broad SMARTS) is 1. The van der Waals surface area contributed by atoms with E-state index in [1.54, 1.807) is 43.7 Å². The number of anilines is 1. The van der Waals surface area contributed by atoms with Crippen LogP contribution in [0, 0.1) is 3.57 Å². The molecule has 1 fully saturated rings. The number of carboxylic acids is 1. The summed E-state index contributed by atoms with van der Waals surface area (Å²) in [5, 5.41) is 13.1. The molecule has 9 heteroatoms. The molecule has 1 amide bonds. The number of ether oxygens (including phenoxy) is 2. The molecule has 186 valence electrons. The Morgan fingerprint density at radius 2 is 1.72 bits per heavy atom. The van der Waals surface area contributed by atoms with E-state index < -0.39 is 5.97 Å². The number of carbonyl (C=O) groups excluding carboxylic acids is 1. The summed E-state index contributed by atoms with van der Waals surface area (Å²) in [6.45, 7) is 2.37. The molecule has 3 aromatic carbocycles. The lowest BCUT2D eigenvalue weighted by Crippen LogP contribution is -2.19. The lowest BCUT2D eigenvalue weighted by atomic mass is 10.1. The molecule has 0 radical (unpaired) electrons. The van der Waals surface area contributed by atoms with E-state index >= 15 is 0 Å². The van der Waals surface area contributed by atoms with E-state index in [9.17, 15) is 9.59 Å². The van der Waals surface area contributed by atoms with Gasteiger partial charge < -0.3 is 19.5 Å². The molecule has 36 heavy (non-hydrogen) atoms. The Labute approximate surface area is 223 Å². The smallest absolute Gasteiger partial charge is 0.335 e. The fourth-order valence-corrected chi connectivity index (χ4v) is 4.66. The molecule has 8 nitrogen and oxygen atoms in total. The fourth-order valence-electron chi connectivity index (χ4n) is 3.88. The van der Waals surface area contributed by atoms with Gasteiger partial charge in [-0.25, -0.2) is 10.2 Å². The summed E-state index contributed by atoms with van der Waals surface area (Å²) in [4.78, 5) is 25.8. The van der Waals surface area contributed by atoms with Crippen LogP contribution < -0.4 is 19.8 Å². The van der Waals surface area contributed by atoms with Gasteiger partial charge in [0.25, 0.3) is 5.91 Å². The predicted molar refractivity (Wildman–Crippen MR) is 146 cm³/mol. The van der Waals surface area contributed by atoms with E-state index in [0.29, 0.717) is 17.1 Å². The van der Waals surface area contributed by atoms with Crippen molar-refractivity contribution < 1.29 is 24.2 Å². The number of hydrogen-bond acceptors (Lipinski definition) is 6. The minimum atomic E-state index is -0.970. The van der Waals surface area contributed by atoms with Crippen LogP contribution in [0.3, 0.4) is 0 Å². The second-order valence-corrected chi connectivity index (χ2v) is 9.43. The van der Waals surface area contributed by atoms with Gasteiger partial charge in [-0.15, -0.1) is 0 Å². The quantitative estimate of drug-likeness (QED) is 0.205. The zero-order valence-electron chi connectivity index (χ0n) is 19.7. The third-order valence-corrected chi connectivity index (χ3v) is 6.62. The van der Waals surface area contributed by atoms with Crippen LogP contribution in [-0.4, -0.2) is 43.4 Å². The monoisotopic (exact) mass is 599 g/mol. The molecule has 1 heterocycles. The van der Waals surface area contributed by atoms with Crippen LogP contribution in [0.25, 0.3) is 0 Å². The third-order valence-electron chi connectivity index (χ3n) is 5.82. The maximum absolute atomic E-state index is 12.5. The Hall–Kier alpha value is -3.60. The first-order valence-electron chi connectivity index (χ1n) is 11.5. The maximum atomic E-state index is 12.5. The van der Waals surface area contributed by atoms with Gasteiger partial charge in [0.2, 0.25) is 0 Å². The Balaban J connectivity index is 1.37. The van der Waals surface area contributed by atoms with E-state index in [-0.39, 0.29) is 18.1 Å². The van der Waals surface area contributed by atoms with Crippen LogP contribution in [-0.2, 0) is 6.61 Å². The molecule has 0 unspecified atom stereocenters. The fraction of sp³-hybridized carbons (Fsp3) is 0.222. The van der Waals surface area contributed by atoms with Crippen LogP contribution in [0.5, 0.6) is 11.5 Å². The zero-order chi connectivity index (χ0) is 25.5. The van der Waals surface area contributed by atoms with Gasteiger partial charge in [-0.05, 0) is 95.1 Å². The number of hydrogen-bond donors (Lipinski definition) is 2. The van der Waals surface area contributed by atoms with Crippen molar-refractivity contribution in [2.75, 3.05) is 25.1 Å². The van der Waals surface area contributed by atoms with E-state index in [2.05, 4.69) is 38.0 Å². The second-order valence-electron chi connectivity index (χ2n) is 8.27. The lowest BCUT2D eigenvalue weighted by Gasteiger charge is -2.17. The van der Waals surface area contributed by atoms with E-state index in [0.717, 1.165) is 33.5 Å². The lowest BCUT2D eigenvalue weighted by molar-refractivity contribution is 0.0696. The zero-order valence-corrected chi connectivity index (χ0v) is 21.9. The molecule has 1 aliphatic heterocycles. The van der Waals surface area contributed by atoms with Crippen LogP contribution in [0.15, 0.2) is 65.8 Å². The summed E-state index contributed by atoms with van der Waals surface area (Å²) >= 11 is 2.15. The standard InChI is InChI=1S/C27H26IN3O5/c1-35-24-15-19(14-23(28)25(24)36-17-18-4-6-21(7-5-18)27(33)34)16-29-30-26(32)20-8-10-22(11-9-20)31-12-2-3-13-31/h4-11,14-16H,2-3,12-13,17H2,1H3,(H,30,32)(H,33,34)/b29-16-. The topological polar surface area (TPSA) is 100 Å². The highest BCUT2D eigenvalue weighted by Crippen LogP contribution is 2.34. The summed E-state index contributed by atoms with van der Waals surface area (Å²) in [6.07, 6.45) is 3.96. The van der Waals surface area contributed by atoms with Crippen LogP contribution in [0.2, 0.25) is 0 Å². The largest absolute Gasteiger partial charge is 0.493 e. The van der Waals surface area contributed by atoms with E-state index in [1.807, 2.05) is 30.3 Å². The summed E-state index contributed by atoms with van der Waals surface area (Å²) in [7, 11) is 1.55. The maximum Gasteiger partial charge on any atom is 0.335 e. The number of carbonyl (C=O) groups is 2. The van der Waals surface area contributed by atoms with Gasteiger partial charge in [0.05, 0.1) is 22.5 Å². The molecule has 0 spiro atoms. The highest BCUT2D eigenvalue weighted by Gasteiger charge is 2.14. The molecule has 0 aliphatic carbocycles. The molecule has 0 bridgehead atoms. The average Bonchev–Trinajstić information content (AvgIpc) is 3.43. The molecule has 0 aromatic heterocycles. The van der Waals surface area contributed by atoms with Gasteiger partial charge in [0, 0.05) is 24.3 Å². The second kappa shape index (κ2) is 11.9. The Bertz CT molecular complexity index is 1250. The van der Waals surface area contributed by atoms with E-state index in [4.69, 9.17) is 14.6 Å². The number of rotatable bonds is 9. The Morgan fingerprint density at radius 3 is 2.36 bits per heavy atom. The first-order valence-corrected chi connectivity index (χ1v) is 12.5. The number of halogens is 1. The number of nitrogens with one attached hydrogen (secondary N) is 1. The molecule has 2 N–H and O–H groups in total. The van der Waals surface area contributed by atoms with Gasteiger partial charge in [-0.2, -0.15) is 5.10 Å². The molecule has 0 saturated carbocycles. The Kier molecular flexibility index (Phi) is 8.42. The first kappa shape index (κ1) is 25.5. The van der Waals surface area contributed by atoms with Crippen molar-refractivity contribution in [1.29, 1.82) is 0 Å². The van der Waals surface area contributed by atoms with Crippen molar-refractivity contribution in [1.82, 2.24) is 5.43 Å². The number of aromatic carboxylic acids is 1. The van der Waals surface area contributed by atoms with Crippen molar-refractivity contribution in [3.05, 3.63) is 86.5 Å². The van der Waals surface area contributed by atoms with Crippen molar-refractivity contribution >= 4 is 46.4 Å². The number of methoxy groups -OCH3 is 1. The third kappa shape index (κ3) is 6.34. The van der Waals surface area contributed by atoms with Crippen molar-refractivity contribution in [2.24, 2.45) is 5.10 Å². The number of amides is 1. The van der Waals surface area contributed by atoms with Gasteiger partial charge >= 0.3 is 5.97 Å². The summed E-state index contributed by atoms with van der Waals surface area (Å²) in [5.74, 6) is -0.161. The molecular weight excluding hydrogens is 573 g/mol. The first-order chi connectivity index (χ1) is 17.4. The normalized spacial score (nSPS) is 13.1. The van der Waals surface area contributed by atoms with Crippen molar-refractivity contribution in [2.45, 2.75) is 19.4 Å². The summed E-state index contributed by atoms with van der Waals surface area (Å²) in [6, 6.07) is 17.7. The minimum absolute atomic E-state index is 0.223. The van der Waals surface area contributed by atoms with Crippen LogP contribution >= 0.6 is 22.6 Å². The molecule has 1 aliphatic rings. The Morgan fingerprint density at radius 1 is 1.06 bits per heavy atom. The van der Waals surface area contributed by atoms with Crippen molar-refractivity contribution in [3.63, 3.8) is 0 Å². The van der Waals surface area contributed by atoms with Crippen molar-refractivity contribution in [3.8, 4) is 11.5 Å². The summed E-state index contributed by atoms with van der Waals surface area (Å²) < 4.78 is 12.3. The van der Waals surface area contributed by atoms with Gasteiger partial charge in [-0.1, -0.05) is 12.1 Å². The SMILES string of the molecule is COc1cc(/C=N\NC(=O)c2ccc(N3CCCC3)cc2)cc(I)c1OCc1ccc(C(=O)O)cc1. The van der Waals surface area contributed by atoms with E-state index in [1.165, 1.54) is 12.8 Å². The van der Waals surface area contributed by atoms with Crippen LogP contribution in [0.4, 0.5) is 5.69 Å². The number of benzene rings is 3. The molecule has 1 saturated heterocycles.